The van der Waals surface area contributed by atoms with Gasteiger partial charge >= 0.3 is 0 Å². The van der Waals surface area contributed by atoms with E-state index in [0.29, 0.717) is 17.9 Å². The standard InChI is InChI=1S/C20H28F2/c1-2-4-14-7-9-17-12-15(8-10-16(17)11-14)13-18-5-3-6-19(21)20(18)22/h3,5-6,14-17H,2,4,7-13H2,1H3. The maximum Gasteiger partial charge on any atom is 0.162 e. The van der Waals surface area contributed by atoms with Gasteiger partial charge in [0.05, 0.1) is 0 Å². The second-order valence-electron chi connectivity index (χ2n) is 7.58. The first-order valence-corrected chi connectivity index (χ1v) is 9.10. The maximum absolute atomic E-state index is 13.9. The van der Waals surface area contributed by atoms with Gasteiger partial charge in [0, 0.05) is 0 Å². The topological polar surface area (TPSA) is 0 Å². The van der Waals surface area contributed by atoms with Crippen LogP contribution in [0, 0.1) is 35.3 Å². The fraction of sp³-hybridized carbons (Fsp3) is 0.700. The van der Waals surface area contributed by atoms with Crippen molar-refractivity contribution in [3.05, 3.63) is 35.4 Å². The summed E-state index contributed by atoms with van der Waals surface area (Å²) in [6.45, 7) is 2.29. The maximum atomic E-state index is 13.9. The van der Waals surface area contributed by atoms with E-state index in [1.54, 1.807) is 12.1 Å². The smallest absolute Gasteiger partial charge is 0.162 e. The summed E-state index contributed by atoms with van der Waals surface area (Å²) in [6.07, 6.45) is 11.3. The van der Waals surface area contributed by atoms with E-state index in [2.05, 4.69) is 6.92 Å². The van der Waals surface area contributed by atoms with Gasteiger partial charge in [-0.05, 0) is 73.8 Å². The Morgan fingerprint density at radius 3 is 2.36 bits per heavy atom. The highest BCUT2D eigenvalue weighted by molar-refractivity contribution is 5.19. The molecule has 2 saturated carbocycles. The summed E-state index contributed by atoms with van der Waals surface area (Å²) >= 11 is 0. The molecule has 22 heavy (non-hydrogen) atoms. The summed E-state index contributed by atoms with van der Waals surface area (Å²) in [7, 11) is 0. The third kappa shape index (κ3) is 3.52. The molecule has 0 nitrogen and oxygen atoms in total. The van der Waals surface area contributed by atoms with Gasteiger partial charge < -0.3 is 0 Å². The van der Waals surface area contributed by atoms with Crippen LogP contribution in [0.5, 0.6) is 0 Å². The number of benzene rings is 1. The van der Waals surface area contributed by atoms with Crippen molar-refractivity contribution in [2.75, 3.05) is 0 Å². The van der Waals surface area contributed by atoms with Gasteiger partial charge in [-0.3, -0.25) is 0 Å². The van der Waals surface area contributed by atoms with Crippen molar-refractivity contribution in [1.29, 1.82) is 0 Å². The molecule has 0 heterocycles. The van der Waals surface area contributed by atoms with E-state index in [1.165, 1.54) is 57.4 Å². The van der Waals surface area contributed by atoms with Gasteiger partial charge in [-0.1, -0.05) is 38.3 Å². The molecule has 3 rings (SSSR count). The molecule has 0 radical (unpaired) electrons. The number of rotatable bonds is 4. The minimum Gasteiger partial charge on any atom is -0.204 e. The highest BCUT2D eigenvalue weighted by Gasteiger charge is 2.35. The molecule has 0 N–H and O–H groups in total. The predicted octanol–water partition coefficient (Wildman–Crippen LogP) is 6.14. The molecule has 0 spiro atoms. The molecule has 2 heteroatoms. The van der Waals surface area contributed by atoms with Crippen LogP contribution in [0.2, 0.25) is 0 Å². The van der Waals surface area contributed by atoms with Crippen LogP contribution in [-0.2, 0) is 6.42 Å². The Morgan fingerprint density at radius 2 is 1.64 bits per heavy atom. The van der Waals surface area contributed by atoms with E-state index < -0.39 is 11.6 Å². The van der Waals surface area contributed by atoms with E-state index in [1.807, 2.05) is 0 Å². The Morgan fingerprint density at radius 1 is 0.955 bits per heavy atom. The number of hydrogen-bond acceptors (Lipinski definition) is 0. The zero-order chi connectivity index (χ0) is 15.5. The van der Waals surface area contributed by atoms with Crippen LogP contribution in [0.3, 0.4) is 0 Å². The Bertz CT molecular complexity index is 496. The average molecular weight is 306 g/mol. The van der Waals surface area contributed by atoms with Crippen LogP contribution in [-0.4, -0.2) is 0 Å². The summed E-state index contributed by atoms with van der Waals surface area (Å²) in [5.41, 5.74) is 0.572. The zero-order valence-electron chi connectivity index (χ0n) is 13.7. The average Bonchev–Trinajstić information content (AvgIpc) is 2.52. The van der Waals surface area contributed by atoms with Crippen molar-refractivity contribution in [3.8, 4) is 0 Å². The molecule has 0 bridgehead atoms. The molecule has 1 aromatic carbocycles. The third-order valence-corrected chi connectivity index (χ3v) is 6.07. The lowest BCUT2D eigenvalue weighted by Crippen LogP contribution is -2.31. The molecule has 2 aliphatic carbocycles. The predicted molar refractivity (Wildman–Crippen MR) is 86.6 cm³/mol. The van der Waals surface area contributed by atoms with E-state index in [0.717, 1.165) is 17.8 Å². The molecule has 2 aliphatic rings. The molecule has 4 unspecified atom stereocenters. The monoisotopic (exact) mass is 306 g/mol. The number of hydrogen-bond donors (Lipinski definition) is 0. The molecule has 122 valence electrons. The fourth-order valence-corrected chi connectivity index (χ4v) is 4.96. The first kappa shape index (κ1) is 16.0. The second kappa shape index (κ2) is 7.10. The molecule has 1 aromatic rings. The quantitative estimate of drug-likeness (QED) is 0.626. The zero-order valence-corrected chi connectivity index (χ0v) is 13.7. The first-order chi connectivity index (χ1) is 10.7. The van der Waals surface area contributed by atoms with Crippen LogP contribution in [0.15, 0.2) is 18.2 Å². The SMILES string of the molecule is CCCC1CCC2CC(Cc3cccc(F)c3F)CCC2C1. The summed E-state index contributed by atoms with van der Waals surface area (Å²) < 4.78 is 27.2. The lowest BCUT2D eigenvalue weighted by Gasteiger charge is -2.42. The van der Waals surface area contributed by atoms with E-state index in [9.17, 15) is 8.78 Å². The molecular weight excluding hydrogens is 278 g/mol. The first-order valence-electron chi connectivity index (χ1n) is 9.10. The fourth-order valence-electron chi connectivity index (χ4n) is 4.96. The minimum absolute atomic E-state index is 0.542. The van der Waals surface area contributed by atoms with Crippen LogP contribution < -0.4 is 0 Å². The summed E-state index contributed by atoms with van der Waals surface area (Å²) in [4.78, 5) is 0. The van der Waals surface area contributed by atoms with Gasteiger partial charge in [0.2, 0.25) is 0 Å². The van der Waals surface area contributed by atoms with Gasteiger partial charge in [-0.15, -0.1) is 0 Å². The largest absolute Gasteiger partial charge is 0.204 e. The lowest BCUT2D eigenvalue weighted by molar-refractivity contribution is 0.0946. The van der Waals surface area contributed by atoms with E-state index in [4.69, 9.17) is 0 Å². The highest BCUT2D eigenvalue weighted by Crippen LogP contribution is 2.46. The molecule has 0 saturated heterocycles. The van der Waals surface area contributed by atoms with Crippen LogP contribution >= 0.6 is 0 Å². The van der Waals surface area contributed by atoms with Crippen molar-refractivity contribution in [2.24, 2.45) is 23.7 Å². The highest BCUT2D eigenvalue weighted by atomic mass is 19.2. The Balaban J connectivity index is 1.58. The normalized spacial score (nSPS) is 31.8. The molecular formula is C20H28F2. The third-order valence-electron chi connectivity index (χ3n) is 6.07. The Hall–Kier alpha value is -0.920. The van der Waals surface area contributed by atoms with Gasteiger partial charge in [-0.25, -0.2) is 8.78 Å². The van der Waals surface area contributed by atoms with Crippen LogP contribution in [0.4, 0.5) is 8.78 Å². The number of halogens is 2. The summed E-state index contributed by atoms with van der Waals surface area (Å²) in [5.74, 6) is 1.90. The van der Waals surface area contributed by atoms with E-state index in [-0.39, 0.29) is 0 Å². The summed E-state index contributed by atoms with van der Waals surface area (Å²) in [5, 5.41) is 0. The molecule has 0 amide bonds. The van der Waals surface area contributed by atoms with E-state index >= 15 is 0 Å². The molecule has 0 aromatic heterocycles. The molecule has 2 fully saturated rings. The molecule has 0 aliphatic heterocycles. The van der Waals surface area contributed by atoms with Crippen molar-refractivity contribution in [3.63, 3.8) is 0 Å². The van der Waals surface area contributed by atoms with Crippen molar-refractivity contribution < 1.29 is 8.78 Å². The second-order valence-corrected chi connectivity index (χ2v) is 7.58. The lowest BCUT2D eigenvalue weighted by atomic mass is 9.63. The van der Waals surface area contributed by atoms with Gasteiger partial charge in [0.25, 0.3) is 0 Å². The van der Waals surface area contributed by atoms with Crippen molar-refractivity contribution in [1.82, 2.24) is 0 Å². The van der Waals surface area contributed by atoms with Crippen molar-refractivity contribution >= 4 is 0 Å². The van der Waals surface area contributed by atoms with Crippen molar-refractivity contribution in [2.45, 2.75) is 64.7 Å². The summed E-state index contributed by atoms with van der Waals surface area (Å²) in [6, 6.07) is 4.60. The van der Waals surface area contributed by atoms with Gasteiger partial charge in [0.1, 0.15) is 0 Å². The van der Waals surface area contributed by atoms with Crippen LogP contribution in [0.25, 0.3) is 0 Å². The van der Waals surface area contributed by atoms with Gasteiger partial charge in [-0.2, -0.15) is 0 Å². The Labute approximate surface area is 133 Å². The van der Waals surface area contributed by atoms with Gasteiger partial charge in [0.15, 0.2) is 11.6 Å². The molecule has 4 atom stereocenters. The number of fused-ring (bicyclic) bond motifs is 1. The van der Waals surface area contributed by atoms with Crippen LogP contribution in [0.1, 0.15) is 63.9 Å². The Kier molecular flexibility index (Phi) is 5.15. The minimum atomic E-state index is -0.703.